The third kappa shape index (κ3) is 4.94. The van der Waals surface area contributed by atoms with Gasteiger partial charge in [-0.15, -0.1) is 0 Å². The first-order chi connectivity index (χ1) is 8.90. The van der Waals surface area contributed by atoms with Crippen LogP contribution >= 0.6 is 0 Å². The highest BCUT2D eigenvalue weighted by molar-refractivity contribution is 5.82. The Hall–Kier alpha value is -2.12. The van der Waals surface area contributed by atoms with Crippen molar-refractivity contribution >= 4 is 12.0 Å². The van der Waals surface area contributed by atoms with Crippen LogP contribution in [0.25, 0.3) is 0 Å². The van der Waals surface area contributed by atoms with Crippen LogP contribution in [-0.2, 0) is 18.3 Å². The zero-order valence-electron chi connectivity index (χ0n) is 11.3. The molecular weight excluding hydrogens is 250 g/mol. The van der Waals surface area contributed by atoms with E-state index >= 15 is 0 Å². The van der Waals surface area contributed by atoms with Gasteiger partial charge in [0.15, 0.2) is 5.82 Å². The molecule has 8 nitrogen and oxygen atoms in total. The molecule has 1 heterocycles. The van der Waals surface area contributed by atoms with Crippen molar-refractivity contribution in [3.8, 4) is 0 Å². The van der Waals surface area contributed by atoms with E-state index in [1.807, 2.05) is 0 Å². The molecule has 0 radical (unpaired) electrons. The van der Waals surface area contributed by atoms with Gasteiger partial charge in [-0.2, -0.15) is 5.10 Å². The minimum Gasteiger partial charge on any atom is -0.480 e. The Bertz CT molecular complexity index is 443. The van der Waals surface area contributed by atoms with Crippen molar-refractivity contribution in [3.05, 3.63) is 12.2 Å². The van der Waals surface area contributed by atoms with E-state index in [1.165, 1.54) is 0 Å². The summed E-state index contributed by atoms with van der Waals surface area (Å²) in [5, 5.41) is 18.0. The number of carboxylic acid groups (broad SMARTS) is 1. The van der Waals surface area contributed by atoms with Crippen LogP contribution in [0.5, 0.6) is 0 Å². The molecule has 1 aromatic heterocycles. The zero-order chi connectivity index (χ0) is 14.4. The maximum absolute atomic E-state index is 11.5. The number of carbonyl (C=O) groups is 2. The Morgan fingerprint density at radius 1 is 1.47 bits per heavy atom. The number of carboxylic acids is 1. The molecule has 0 bridgehead atoms. The van der Waals surface area contributed by atoms with Crippen LogP contribution in [0.15, 0.2) is 6.33 Å². The first-order valence-electron chi connectivity index (χ1n) is 6.02. The number of hydrogen-bond donors (Lipinski definition) is 3. The Labute approximate surface area is 111 Å². The number of amides is 2. The largest absolute Gasteiger partial charge is 0.480 e. The highest BCUT2D eigenvalue weighted by atomic mass is 16.4. The number of carbonyl (C=O) groups excluding carboxylic acids is 1. The van der Waals surface area contributed by atoms with Crippen LogP contribution in [0.2, 0.25) is 0 Å². The van der Waals surface area contributed by atoms with Crippen LogP contribution in [0, 0.1) is 5.92 Å². The first-order valence-corrected chi connectivity index (χ1v) is 6.02. The predicted molar refractivity (Wildman–Crippen MR) is 67.5 cm³/mol. The van der Waals surface area contributed by atoms with Crippen LogP contribution < -0.4 is 10.6 Å². The fourth-order valence-corrected chi connectivity index (χ4v) is 1.49. The van der Waals surface area contributed by atoms with Crippen LogP contribution in [0.3, 0.4) is 0 Å². The summed E-state index contributed by atoms with van der Waals surface area (Å²) in [6.45, 7) is 3.81. The molecule has 2 amide bonds. The standard InChI is InChI=1S/C11H19N5O3/c1-7(2)9(10(17)18)14-11(19)12-5-4-8-13-6-16(3)15-8/h6-7,9H,4-5H2,1-3H3,(H,17,18)(H2,12,14,19)/t9-/m1/s1. The van der Waals surface area contributed by atoms with Gasteiger partial charge in [-0.05, 0) is 5.92 Å². The fourth-order valence-electron chi connectivity index (χ4n) is 1.49. The van der Waals surface area contributed by atoms with Gasteiger partial charge in [0.1, 0.15) is 12.4 Å². The summed E-state index contributed by atoms with van der Waals surface area (Å²) < 4.78 is 1.58. The lowest BCUT2D eigenvalue weighted by atomic mass is 10.1. The lowest BCUT2D eigenvalue weighted by molar-refractivity contribution is -0.140. The molecule has 0 fully saturated rings. The summed E-state index contributed by atoms with van der Waals surface area (Å²) in [6.07, 6.45) is 2.07. The zero-order valence-corrected chi connectivity index (χ0v) is 11.3. The third-order valence-corrected chi connectivity index (χ3v) is 2.50. The molecule has 0 aliphatic heterocycles. The summed E-state index contributed by atoms with van der Waals surface area (Å²) in [6, 6.07) is -1.40. The minimum absolute atomic E-state index is 0.180. The smallest absolute Gasteiger partial charge is 0.326 e. The molecule has 3 N–H and O–H groups in total. The molecule has 8 heteroatoms. The Balaban J connectivity index is 2.33. The van der Waals surface area contributed by atoms with Crippen molar-refractivity contribution in [1.29, 1.82) is 0 Å². The van der Waals surface area contributed by atoms with Crippen molar-refractivity contribution in [2.75, 3.05) is 6.54 Å². The van der Waals surface area contributed by atoms with Gasteiger partial charge < -0.3 is 15.7 Å². The normalized spacial score (nSPS) is 12.2. The average Bonchev–Trinajstić information content (AvgIpc) is 2.71. The molecule has 0 spiro atoms. The minimum atomic E-state index is -1.04. The Morgan fingerprint density at radius 2 is 2.16 bits per heavy atom. The second-order valence-electron chi connectivity index (χ2n) is 4.54. The molecule has 0 saturated heterocycles. The molecule has 106 valence electrons. The van der Waals surface area contributed by atoms with E-state index in [9.17, 15) is 9.59 Å². The Morgan fingerprint density at radius 3 is 2.63 bits per heavy atom. The van der Waals surface area contributed by atoms with E-state index in [2.05, 4.69) is 20.7 Å². The molecular formula is C11H19N5O3. The SMILES string of the molecule is CC(C)[C@@H](NC(=O)NCCc1ncn(C)n1)C(=O)O. The van der Waals surface area contributed by atoms with Gasteiger partial charge in [0.05, 0.1) is 0 Å². The van der Waals surface area contributed by atoms with Gasteiger partial charge in [-0.3, -0.25) is 4.68 Å². The number of aryl methyl sites for hydroxylation is 1. The lowest BCUT2D eigenvalue weighted by Gasteiger charge is -2.18. The van der Waals surface area contributed by atoms with E-state index < -0.39 is 18.0 Å². The third-order valence-electron chi connectivity index (χ3n) is 2.50. The average molecular weight is 269 g/mol. The van der Waals surface area contributed by atoms with E-state index in [1.54, 1.807) is 31.9 Å². The number of nitrogens with zero attached hydrogens (tertiary/aromatic N) is 3. The van der Waals surface area contributed by atoms with E-state index in [0.29, 0.717) is 18.8 Å². The maximum Gasteiger partial charge on any atom is 0.326 e. The quantitative estimate of drug-likeness (QED) is 0.660. The van der Waals surface area contributed by atoms with Crippen LogP contribution in [0.4, 0.5) is 4.79 Å². The second kappa shape index (κ2) is 6.72. The van der Waals surface area contributed by atoms with Gasteiger partial charge in [0.25, 0.3) is 0 Å². The monoisotopic (exact) mass is 269 g/mol. The van der Waals surface area contributed by atoms with Crippen molar-refractivity contribution in [2.24, 2.45) is 13.0 Å². The van der Waals surface area contributed by atoms with E-state index in [0.717, 1.165) is 0 Å². The van der Waals surface area contributed by atoms with Crippen LogP contribution in [-0.4, -0.2) is 44.5 Å². The van der Waals surface area contributed by atoms with E-state index in [-0.39, 0.29) is 5.92 Å². The first kappa shape index (κ1) is 14.9. The molecule has 19 heavy (non-hydrogen) atoms. The van der Waals surface area contributed by atoms with Crippen molar-refractivity contribution in [2.45, 2.75) is 26.3 Å². The summed E-state index contributed by atoms with van der Waals surface area (Å²) in [5.74, 6) is -0.598. The summed E-state index contributed by atoms with van der Waals surface area (Å²) in [7, 11) is 1.76. The predicted octanol–water partition coefficient (Wildman–Crippen LogP) is -0.234. The lowest BCUT2D eigenvalue weighted by Crippen LogP contribution is -2.48. The number of aliphatic carboxylic acids is 1. The van der Waals surface area contributed by atoms with Gasteiger partial charge in [0.2, 0.25) is 0 Å². The molecule has 0 saturated carbocycles. The van der Waals surface area contributed by atoms with Gasteiger partial charge in [-0.1, -0.05) is 13.8 Å². The number of hydrogen-bond acceptors (Lipinski definition) is 4. The highest BCUT2D eigenvalue weighted by Crippen LogP contribution is 2.01. The van der Waals surface area contributed by atoms with E-state index in [4.69, 9.17) is 5.11 Å². The maximum atomic E-state index is 11.5. The number of urea groups is 1. The van der Waals surface area contributed by atoms with Crippen molar-refractivity contribution in [3.63, 3.8) is 0 Å². The van der Waals surface area contributed by atoms with Crippen molar-refractivity contribution < 1.29 is 14.7 Å². The summed E-state index contributed by atoms with van der Waals surface area (Å²) in [4.78, 5) is 26.5. The van der Waals surface area contributed by atoms with Gasteiger partial charge in [-0.25, -0.2) is 14.6 Å². The van der Waals surface area contributed by atoms with Gasteiger partial charge >= 0.3 is 12.0 Å². The number of rotatable bonds is 6. The molecule has 1 aromatic rings. The van der Waals surface area contributed by atoms with Crippen molar-refractivity contribution in [1.82, 2.24) is 25.4 Å². The molecule has 0 unspecified atom stereocenters. The highest BCUT2D eigenvalue weighted by Gasteiger charge is 2.23. The second-order valence-corrected chi connectivity index (χ2v) is 4.54. The molecule has 0 aliphatic carbocycles. The summed E-state index contributed by atoms with van der Waals surface area (Å²) in [5.41, 5.74) is 0. The number of aromatic nitrogens is 3. The van der Waals surface area contributed by atoms with Gasteiger partial charge in [0, 0.05) is 20.0 Å². The molecule has 0 aliphatic rings. The Kier molecular flexibility index (Phi) is 5.28. The molecule has 0 aromatic carbocycles. The van der Waals surface area contributed by atoms with Crippen LogP contribution in [0.1, 0.15) is 19.7 Å². The fraction of sp³-hybridized carbons (Fsp3) is 0.636. The molecule has 1 atom stereocenters. The topological polar surface area (TPSA) is 109 Å². The number of nitrogens with one attached hydrogen (secondary N) is 2. The summed E-state index contributed by atoms with van der Waals surface area (Å²) >= 11 is 0. The molecule has 1 rings (SSSR count).